The van der Waals surface area contributed by atoms with Crippen molar-refractivity contribution in [1.29, 1.82) is 0 Å². The lowest BCUT2D eigenvalue weighted by Crippen LogP contribution is -2.38. The molecule has 0 aliphatic rings. The topological polar surface area (TPSA) is 63.2 Å². The number of aromatic nitrogens is 1. The summed E-state index contributed by atoms with van der Waals surface area (Å²) >= 11 is 0. The van der Waals surface area contributed by atoms with Gasteiger partial charge in [-0.25, -0.2) is 0 Å². The fourth-order valence-electron chi connectivity index (χ4n) is 1.99. The van der Waals surface area contributed by atoms with Crippen LogP contribution in [0.25, 0.3) is 0 Å². The van der Waals surface area contributed by atoms with Crippen LogP contribution in [0.4, 0.5) is 0 Å². The van der Waals surface area contributed by atoms with Crippen LogP contribution in [0, 0.1) is 0 Å². The number of nitrogens with zero attached hydrogens (tertiary/aromatic N) is 1. The van der Waals surface area contributed by atoms with Crippen molar-refractivity contribution in [3.05, 3.63) is 54.4 Å². The van der Waals surface area contributed by atoms with E-state index >= 15 is 0 Å². The number of carbonyl (C=O) groups excluding carboxylic acids is 1. The number of rotatable bonds is 7. The minimum absolute atomic E-state index is 0. The van der Waals surface area contributed by atoms with E-state index in [1.165, 1.54) is 0 Å². The number of pyridine rings is 1. The first-order valence-corrected chi connectivity index (χ1v) is 7.38. The Morgan fingerprint density at radius 1 is 1.17 bits per heavy atom. The zero-order valence-corrected chi connectivity index (χ0v) is 15.3. The molecule has 0 unspecified atom stereocenters. The molecule has 0 saturated heterocycles. The molecule has 1 aromatic carbocycles. The third-order valence-electron chi connectivity index (χ3n) is 3.11. The molecule has 0 spiro atoms. The van der Waals surface area contributed by atoms with E-state index in [1.54, 1.807) is 36.7 Å². The third kappa shape index (κ3) is 7.17. The van der Waals surface area contributed by atoms with Gasteiger partial charge in [0.25, 0.3) is 5.91 Å². The summed E-state index contributed by atoms with van der Waals surface area (Å²) in [5, 5.41) is 6.15. The first kappa shape index (κ1) is 22.2. The second-order valence-electron chi connectivity index (χ2n) is 4.98. The smallest absolute Gasteiger partial charge is 0.251 e. The van der Waals surface area contributed by atoms with Gasteiger partial charge in [0.1, 0.15) is 11.5 Å². The highest BCUT2D eigenvalue weighted by Crippen LogP contribution is 2.20. The van der Waals surface area contributed by atoms with Crippen molar-refractivity contribution in [2.75, 3.05) is 13.1 Å². The Bertz CT molecular complexity index is 595. The number of ether oxygens (including phenoxy) is 1. The van der Waals surface area contributed by atoms with Gasteiger partial charge in [0.05, 0.1) is 6.20 Å². The molecule has 2 aromatic rings. The molecule has 0 aliphatic carbocycles. The maximum Gasteiger partial charge on any atom is 0.251 e. The maximum atomic E-state index is 12.0. The molecule has 7 heteroatoms. The number of likely N-dealkylation sites (N-methyl/N-ethyl adjacent to an activating group) is 1. The van der Waals surface area contributed by atoms with Crippen LogP contribution in [0.15, 0.2) is 48.8 Å². The number of carbonyl (C=O) groups is 1. The van der Waals surface area contributed by atoms with Crippen LogP contribution in [0.3, 0.4) is 0 Å². The monoisotopic (exact) mass is 371 g/mol. The molecule has 0 aliphatic heterocycles. The van der Waals surface area contributed by atoms with Crippen molar-refractivity contribution >= 4 is 30.7 Å². The molecule has 24 heavy (non-hydrogen) atoms. The lowest BCUT2D eigenvalue weighted by Gasteiger charge is -2.13. The Kier molecular flexibility index (Phi) is 10.8. The molecule has 2 N–H and O–H groups in total. The summed E-state index contributed by atoms with van der Waals surface area (Å²) in [7, 11) is 0. The van der Waals surface area contributed by atoms with Crippen molar-refractivity contribution in [2.45, 2.75) is 19.9 Å². The van der Waals surface area contributed by atoms with Crippen LogP contribution in [-0.2, 0) is 0 Å². The van der Waals surface area contributed by atoms with Crippen LogP contribution >= 0.6 is 24.8 Å². The van der Waals surface area contributed by atoms with Crippen LogP contribution in [0.1, 0.15) is 24.2 Å². The summed E-state index contributed by atoms with van der Waals surface area (Å²) in [5.74, 6) is 1.25. The molecular formula is C17H23Cl2N3O2. The van der Waals surface area contributed by atoms with E-state index in [2.05, 4.69) is 15.6 Å². The normalized spacial score (nSPS) is 10.8. The summed E-state index contributed by atoms with van der Waals surface area (Å²) in [6.07, 6.45) is 3.33. The van der Waals surface area contributed by atoms with Gasteiger partial charge in [-0.05, 0) is 49.9 Å². The molecule has 1 heterocycles. The highest BCUT2D eigenvalue weighted by Gasteiger charge is 2.07. The van der Waals surface area contributed by atoms with Crippen molar-refractivity contribution in [3.63, 3.8) is 0 Å². The number of hydrogen-bond donors (Lipinski definition) is 2. The van der Waals surface area contributed by atoms with E-state index in [9.17, 15) is 4.79 Å². The number of amides is 1. The predicted molar refractivity (Wildman–Crippen MR) is 101 cm³/mol. The van der Waals surface area contributed by atoms with Crippen LogP contribution in [0.2, 0.25) is 0 Å². The molecule has 132 valence electrons. The number of benzene rings is 1. The largest absolute Gasteiger partial charge is 0.456 e. The van der Waals surface area contributed by atoms with Gasteiger partial charge in [-0.2, -0.15) is 0 Å². The highest BCUT2D eigenvalue weighted by atomic mass is 35.5. The second-order valence-corrected chi connectivity index (χ2v) is 4.98. The lowest BCUT2D eigenvalue weighted by molar-refractivity contribution is 0.0950. The van der Waals surface area contributed by atoms with Crippen molar-refractivity contribution in [2.24, 2.45) is 0 Å². The van der Waals surface area contributed by atoms with E-state index in [-0.39, 0.29) is 36.8 Å². The quantitative estimate of drug-likeness (QED) is 0.782. The Morgan fingerprint density at radius 2 is 1.88 bits per heavy atom. The van der Waals surface area contributed by atoms with Gasteiger partial charge in [0.15, 0.2) is 0 Å². The zero-order chi connectivity index (χ0) is 15.8. The molecular weight excluding hydrogens is 349 g/mol. The minimum atomic E-state index is -0.0855. The number of hydrogen-bond acceptors (Lipinski definition) is 4. The van der Waals surface area contributed by atoms with Gasteiger partial charge >= 0.3 is 0 Å². The first-order valence-electron chi connectivity index (χ1n) is 7.38. The van der Waals surface area contributed by atoms with Crippen LogP contribution in [-0.4, -0.2) is 30.0 Å². The summed E-state index contributed by atoms with van der Waals surface area (Å²) in [4.78, 5) is 16.0. The van der Waals surface area contributed by atoms with E-state index in [1.807, 2.05) is 26.0 Å². The first-order chi connectivity index (χ1) is 10.7. The van der Waals surface area contributed by atoms with Gasteiger partial charge in [0, 0.05) is 24.3 Å². The average Bonchev–Trinajstić information content (AvgIpc) is 2.54. The molecule has 0 radical (unpaired) electrons. The Balaban J connectivity index is 0.00000264. The Labute approximate surface area is 155 Å². The van der Waals surface area contributed by atoms with Gasteiger partial charge in [-0.1, -0.05) is 6.92 Å². The van der Waals surface area contributed by atoms with Crippen molar-refractivity contribution in [3.8, 4) is 11.5 Å². The van der Waals surface area contributed by atoms with Crippen LogP contribution < -0.4 is 15.4 Å². The molecule has 1 amide bonds. The molecule has 0 fully saturated rings. The lowest BCUT2D eigenvalue weighted by atomic mass is 10.2. The molecule has 2 rings (SSSR count). The van der Waals surface area contributed by atoms with Crippen LogP contribution in [0.5, 0.6) is 11.5 Å². The number of nitrogens with one attached hydrogen (secondary N) is 2. The summed E-state index contributed by atoms with van der Waals surface area (Å²) in [6.45, 7) is 5.56. The van der Waals surface area contributed by atoms with E-state index in [4.69, 9.17) is 4.74 Å². The van der Waals surface area contributed by atoms with Gasteiger partial charge in [0.2, 0.25) is 0 Å². The molecule has 1 atom stereocenters. The van der Waals surface area contributed by atoms with Gasteiger partial charge in [-0.3, -0.25) is 9.78 Å². The summed E-state index contributed by atoms with van der Waals surface area (Å²) in [5.41, 5.74) is 0.613. The van der Waals surface area contributed by atoms with Gasteiger partial charge < -0.3 is 15.4 Å². The Morgan fingerprint density at radius 3 is 2.46 bits per heavy atom. The average molecular weight is 372 g/mol. The fraction of sp³-hybridized carbons (Fsp3) is 0.294. The third-order valence-corrected chi connectivity index (χ3v) is 3.11. The fourth-order valence-corrected chi connectivity index (χ4v) is 1.99. The highest BCUT2D eigenvalue weighted by molar-refractivity contribution is 5.94. The standard InChI is InChI=1S/C17H21N3O2.2ClH/c1-3-19-13(2)11-20-17(21)14-6-8-15(9-7-14)22-16-5-4-10-18-12-16;;/h4-10,12-13,19H,3,11H2,1-2H3,(H,20,21);2*1H/t13-;;/m1../s1. The van der Waals surface area contributed by atoms with E-state index < -0.39 is 0 Å². The second kappa shape index (κ2) is 11.7. The number of halogens is 2. The predicted octanol–water partition coefficient (Wildman–Crippen LogP) is 3.45. The van der Waals surface area contributed by atoms with E-state index in [0.717, 1.165) is 6.54 Å². The van der Waals surface area contributed by atoms with Crippen molar-refractivity contribution < 1.29 is 9.53 Å². The summed E-state index contributed by atoms with van der Waals surface area (Å²) in [6, 6.07) is 10.9. The summed E-state index contributed by atoms with van der Waals surface area (Å²) < 4.78 is 5.64. The zero-order valence-electron chi connectivity index (χ0n) is 13.7. The minimum Gasteiger partial charge on any atom is -0.456 e. The maximum absolute atomic E-state index is 12.0. The molecule has 0 saturated carbocycles. The molecule has 0 bridgehead atoms. The van der Waals surface area contributed by atoms with Gasteiger partial charge in [-0.15, -0.1) is 24.8 Å². The SMILES string of the molecule is CCN[C@H](C)CNC(=O)c1ccc(Oc2cccnc2)cc1.Cl.Cl. The van der Waals surface area contributed by atoms with Crippen molar-refractivity contribution in [1.82, 2.24) is 15.6 Å². The Hall–Kier alpha value is -1.82. The van der Waals surface area contributed by atoms with E-state index in [0.29, 0.717) is 23.6 Å². The molecule has 5 nitrogen and oxygen atoms in total. The molecule has 1 aromatic heterocycles.